The third-order valence-corrected chi connectivity index (χ3v) is 5.94. The van der Waals surface area contributed by atoms with Crippen molar-refractivity contribution in [2.24, 2.45) is 0 Å². The van der Waals surface area contributed by atoms with Crippen LogP contribution in [0.1, 0.15) is 10.4 Å². The molecule has 9 nitrogen and oxygen atoms in total. The highest BCUT2D eigenvalue weighted by Crippen LogP contribution is 2.26. The highest BCUT2D eigenvalue weighted by atomic mass is 35.5. The number of carbonyl (C=O) groups excluding carboxylic acids is 2. The largest absolute Gasteiger partial charge is 0.495 e. The molecule has 0 unspecified atom stereocenters. The van der Waals surface area contributed by atoms with Crippen molar-refractivity contribution in [3.63, 3.8) is 0 Å². The molecule has 0 heterocycles. The Bertz CT molecular complexity index is 1270. The van der Waals surface area contributed by atoms with Crippen molar-refractivity contribution in [3.05, 3.63) is 83.4 Å². The minimum Gasteiger partial charge on any atom is -0.495 e. The Kier molecular flexibility index (Phi) is 7.75. The molecule has 0 aliphatic heterocycles. The summed E-state index contributed by atoms with van der Waals surface area (Å²) in [7, 11) is -2.58. The van der Waals surface area contributed by atoms with Gasteiger partial charge in [-0.3, -0.25) is 25.2 Å². The predicted molar refractivity (Wildman–Crippen MR) is 123 cm³/mol. The number of anilines is 1. The first kappa shape index (κ1) is 23.9. The number of hydrazine groups is 1. The molecule has 172 valence electrons. The van der Waals surface area contributed by atoms with E-state index in [2.05, 4.69) is 15.6 Å². The summed E-state index contributed by atoms with van der Waals surface area (Å²) in [6.07, 6.45) is 0. The molecule has 2 amide bonds. The first-order chi connectivity index (χ1) is 15.8. The van der Waals surface area contributed by atoms with Gasteiger partial charge < -0.3 is 9.47 Å². The molecule has 3 aromatic carbocycles. The molecule has 0 spiro atoms. The van der Waals surface area contributed by atoms with E-state index >= 15 is 0 Å². The summed E-state index contributed by atoms with van der Waals surface area (Å²) < 4.78 is 38.4. The van der Waals surface area contributed by atoms with E-state index in [1.807, 2.05) is 0 Å². The molecule has 0 aliphatic rings. The minimum absolute atomic E-state index is 0.0187. The molecule has 3 rings (SSSR count). The van der Waals surface area contributed by atoms with Gasteiger partial charge in [-0.15, -0.1) is 0 Å². The SMILES string of the molecule is COc1ccccc1NS(=O)(=O)c1cccc(C(=O)NNC(=O)COc2ccccc2Cl)c1. The van der Waals surface area contributed by atoms with Gasteiger partial charge in [-0.2, -0.15) is 0 Å². The molecule has 0 saturated heterocycles. The average Bonchev–Trinajstić information content (AvgIpc) is 2.82. The van der Waals surface area contributed by atoms with Crippen LogP contribution in [0.5, 0.6) is 11.5 Å². The van der Waals surface area contributed by atoms with Crippen LogP contribution in [0.3, 0.4) is 0 Å². The molecule has 0 bridgehead atoms. The van der Waals surface area contributed by atoms with Crippen molar-refractivity contribution in [2.45, 2.75) is 4.90 Å². The Morgan fingerprint density at radius 2 is 1.61 bits per heavy atom. The number of benzene rings is 3. The molecule has 0 atom stereocenters. The lowest BCUT2D eigenvalue weighted by molar-refractivity contribution is -0.123. The number of hydrogen-bond acceptors (Lipinski definition) is 6. The molecule has 3 N–H and O–H groups in total. The third-order valence-electron chi connectivity index (χ3n) is 4.27. The number of para-hydroxylation sites is 3. The van der Waals surface area contributed by atoms with Gasteiger partial charge in [0.2, 0.25) is 0 Å². The van der Waals surface area contributed by atoms with Crippen LogP contribution in [0, 0.1) is 0 Å². The van der Waals surface area contributed by atoms with E-state index in [1.54, 1.807) is 48.5 Å². The first-order valence-corrected chi connectivity index (χ1v) is 11.4. The van der Waals surface area contributed by atoms with Crippen molar-refractivity contribution in [3.8, 4) is 11.5 Å². The molecule has 0 aliphatic carbocycles. The van der Waals surface area contributed by atoms with E-state index < -0.39 is 21.8 Å². The van der Waals surface area contributed by atoms with Crippen molar-refractivity contribution in [1.29, 1.82) is 0 Å². The number of methoxy groups -OCH3 is 1. The number of ether oxygens (including phenoxy) is 2. The Balaban J connectivity index is 1.62. The van der Waals surface area contributed by atoms with Crippen LogP contribution in [0.25, 0.3) is 0 Å². The summed E-state index contributed by atoms with van der Waals surface area (Å²) in [6, 6.07) is 18.5. The highest BCUT2D eigenvalue weighted by molar-refractivity contribution is 7.92. The fourth-order valence-electron chi connectivity index (χ4n) is 2.68. The molecule has 33 heavy (non-hydrogen) atoms. The number of hydrogen-bond donors (Lipinski definition) is 3. The number of rotatable bonds is 8. The van der Waals surface area contributed by atoms with Crippen LogP contribution in [0.4, 0.5) is 5.69 Å². The maximum Gasteiger partial charge on any atom is 0.276 e. The molecule has 11 heteroatoms. The molecular weight excluding hydrogens is 470 g/mol. The normalized spacial score (nSPS) is 10.7. The van der Waals surface area contributed by atoms with E-state index in [0.29, 0.717) is 16.5 Å². The topological polar surface area (TPSA) is 123 Å². The molecule has 0 saturated carbocycles. The number of amides is 2. The maximum absolute atomic E-state index is 12.8. The van der Waals surface area contributed by atoms with Crippen LogP contribution >= 0.6 is 11.6 Å². The van der Waals surface area contributed by atoms with Gasteiger partial charge in [0.1, 0.15) is 11.5 Å². The summed E-state index contributed by atoms with van der Waals surface area (Å²) >= 11 is 5.95. The standard InChI is InChI=1S/C22H20ClN3O6S/c1-31-20-12-5-3-10-18(20)26-33(29,30)16-8-6-7-15(13-16)22(28)25-24-21(27)14-32-19-11-4-2-9-17(19)23/h2-13,26H,14H2,1H3,(H,24,27)(H,25,28). The third kappa shape index (κ3) is 6.37. The summed E-state index contributed by atoms with van der Waals surface area (Å²) in [4.78, 5) is 24.2. The van der Waals surface area contributed by atoms with Crippen molar-refractivity contribution in [1.82, 2.24) is 10.9 Å². The van der Waals surface area contributed by atoms with Gasteiger partial charge in [-0.1, -0.05) is 41.9 Å². The lowest BCUT2D eigenvalue weighted by Gasteiger charge is -2.13. The fraction of sp³-hybridized carbons (Fsp3) is 0.0909. The Morgan fingerprint density at radius 3 is 2.33 bits per heavy atom. The molecular formula is C22H20ClN3O6S. The Morgan fingerprint density at radius 1 is 0.909 bits per heavy atom. The predicted octanol–water partition coefficient (Wildman–Crippen LogP) is 2.99. The lowest BCUT2D eigenvalue weighted by Crippen LogP contribution is -2.43. The molecule has 0 aromatic heterocycles. The fourth-order valence-corrected chi connectivity index (χ4v) is 3.98. The van der Waals surface area contributed by atoms with Crippen molar-refractivity contribution >= 4 is 39.1 Å². The van der Waals surface area contributed by atoms with Crippen LogP contribution in [0.15, 0.2) is 77.7 Å². The number of sulfonamides is 1. The van der Waals surface area contributed by atoms with Gasteiger partial charge in [0.25, 0.3) is 21.8 Å². The van der Waals surface area contributed by atoms with Gasteiger partial charge in [-0.25, -0.2) is 8.42 Å². The van der Waals surface area contributed by atoms with Gasteiger partial charge >= 0.3 is 0 Å². The zero-order chi connectivity index (χ0) is 23.8. The Labute approximate surface area is 195 Å². The minimum atomic E-state index is -4.01. The van der Waals surface area contributed by atoms with Crippen LogP contribution in [0.2, 0.25) is 5.02 Å². The second-order valence-corrected chi connectivity index (χ2v) is 8.64. The first-order valence-electron chi connectivity index (χ1n) is 9.52. The van der Waals surface area contributed by atoms with Gasteiger partial charge in [0, 0.05) is 5.56 Å². The van der Waals surface area contributed by atoms with Gasteiger partial charge in [0.05, 0.1) is 22.7 Å². The van der Waals surface area contributed by atoms with E-state index in [-0.39, 0.29) is 22.8 Å². The summed E-state index contributed by atoms with van der Waals surface area (Å²) in [5.74, 6) is -0.682. The number of nitrogens with one attached hydrogen (secondary N) is 3. The van der Waals surface area contributed by atoms with Crippen molar-refractivity contribution < 1.29 is 27.5 Å². The highest BCUT2D eigenvalue weighted by Gasteiger charge is 2.18. The van der Waals surface area contributed by atoms with Gasteiger partial charge in [0.15, 0.2) is 6.61 Å². The quantitative estimate of drug-likeness (QED) is 0.418. The lowest BCUT2D eigenvalue weighted by atomic mass is 10.2. The second kappa shape index (κ2) is 10.7. The summed E-state index contributed by atoms with van der Waals surface area (Å²) in [6.45, 7) is -0.388. The zero-order valence-electron chi connectivity index (χ0n) is 17.4. The van der Waals surface area contributed by atoms with Crippen LogP contribution < -0.4 is 25.0 Å². The molecule has 0 fully saturated rings. The van der Waals surface area contributed by atoms with Gasteiger partial charge in [-0.05, 0) is 42.5 Å². The van der Waals surface area contributed by atoms with E-state index in [4.69, 9.17) is 21.1 Å². The summed E-state index contributed by atoms with van der Waals surface area (Å²) in [5, 5.41) is 0.342. The second-order valence-electron chi connectivity index (χ2n) is 6.56. The molecule has 0 radical (unpaired) electrons. The monoisotopic (exact) mass is 489 g/mol. The smallest absolute Gasteiger partial charge is 0.276 e. The average molecular weight is 490 g/mol. The molecule has 3 aromatic rings. The number of carbonyl (C=O) groups is 2. The van der Waals surface area contributed by atoms with E-state index in [9.17, 15) is 18.0 Å². The van der Waals surface area contributed by atoms with Crippen molar-refractivity contribution in [2.75, 3.05) is 18.4 Å². The van der Waals surface area contributed by atoms with E-state index in [1.165, 1.54) is 31.4 Å². The van der Waals surface area contributed by atoms with E-state index in [0.717, 1.165) is 0 Å². The number of halogens is 1. The van der Waals surface area contributed by atoms with Crippen LogP contribution in [-0.2, 0) is 14.8 Å². The van der Waals surface area contributed by atoms with Crippen LogP contribution in [-0.4, -0.2) is 33.9 Å². The zero-order valence-corrected chi connectivity index (χ0v) is 18.9. The summed E-state index contributed by atoms with van der Waals surface area (Å²) in [5.41, 5.74) is 4.67. The maximum atomic E-state index is 12.8. The Hall–Kier alpha value is -3.76.